The Bertz CT molecular complexity index is 3840. The van der Waals surface area contributed by atoms with Crippen molar-refractivity contribution in [1.29, 1.82) is 0 Å². The molecule has 0 aliphatic heterocycles. The van der Waals surface area contributed by atoms with Crippen LogP contribution in [0.25, 0.3) is 104 Å². The molecule has 61 heavy (non-hydrogen) atoms. The summed E-state index contributed by atoms with van der Waals surface area (Å²) in [7, 11) is 0. The third kappa shape index (κ3) is 5.11. The summed E-state index contributed by atoms with van der Waals surface area (Å²) >= 11 is 0. The van der Waals surface area contributed by atoms with Gasteiger partial charge in [0.05, 0.1) is 11.0 Å². The van der Waals surface area contributed by atoms with E-state index in [0.29, 0.717) is 0 Å². The quantitative estimate of drug-likeness (QED) is 0.162. The molecule has 13 aromatic rings. The Hall–Kier alpha value is -8.14. The highest BCUT2D eigenvalue weighted by atomic mass is 16.3. The zero-order valence-corrected chi connectivity index (χ0v) is 33.1. The molecule has 0 radical (unpaired) electrons. The van der Waals surface area contributed by atoms with Crippen LogP contribution in [0.15, 0.2) is 223 Å². The Kier molecular flexibility index (Phi) is 7.31. The standard InChI is InChI=1S/C58H36N2O/c1-2-16-40(17-3-1)59(43-28-26-37-14-4-5-15-38(37)34-43)41-29-31-42(32-30-41)60-52-24-12-10-22-49(52)57-53(60)36-55-58(50-23-11-13-25-54(50)61-55)56(57)39-27-33-48-46-20-7-6-18-44(46)45-19-8-9-21-47(45)51(48)35-39/h1-36H. The van der Waals surface area contributed by atoms with Crippen molar-refractivity contribution in [2.75, 3.05) is 4.90 Å². The smallest absolute Gasteiger partial charge is 0.138 e. The van der Waals surface area contributed by atoms with Gasteiger partial charge in [-0.05, 0) is 115 Å². The number of nitrogens with zero attached hydrogens (tertiary/aromatic N) is 2. The van der Waals surface area contributed by atoms with Crippen LogP contribution in [0.5, 0.6) is 0 Å². The van der Waals surface area contributed by atoms with Crippen LogP contribution < -0.4 is 4.90 Å². The Morgan fingerprint density at radius 1 is 0.328 bits per heavy atom. The lowest BCUT2D eigenvalue weighted by Gasteiger charge is -2.26. The van der Waals surface area contributed by atoms with E-state index >= 15 is 0 Å². The van der Waals surface area contributed by atoms with E-state index in [4.69, 9.17) is 4.42 Å². The highest BCUT2D eigenvalue weighted by Crippen LogP contribution is 2.48. The van der Waals surface area contributed by atoms with E-state index in [1.165, 1.54) is 65.0 Å². The number of hydrogen-bond donors (Lipinski definition) is 0. The fourth-order valence-electron chi connectivity index (χ4n) is 10.1. The van der Waals surface area contributed by atoms with Gasteiger partial charge in [0.2, 0.25) is 0 Å². The first-order valence-electron chi connectivity index (χ1n) is 20.9. The number of para-hydroxylation sites is 3. The highest BCUT2D eigenvalue weighted by Gasteiger charge is 2.24. The average Bonchev–Trinajstić information content (AvgIpc) is 3.87. The summed E-state index contributed by atoms with van der Waals surface area (Å²) in [5, 5.41) is 14.7. The van der Waals surface area contributed by atoms with E-state index in [1.54, 1.807) is 0 Å². The molecule has 2 heterocycles. The molecule has 0 saturated heterocycles. The zero-order chi connectivity index (χ0) is 40.0. The lowest BCUT2D eigenvalue weighted by atomic mass is 9.89. The molecule has 284 valence electrons. The van der Waals surface area contributed by atoms with Gasteiger partial charge in [0.1, 0.15) is 11.2 Å². The van der Waals surface area contributed by atoms with Gasteiger partial charge >= 0.3 is 0 Å². The number of benzene rings is 11. The maximum Gasteiger partial charge on any atom is 0.138 e. The van der Waals surface area contributed by atoms with Crippen molar-refractivity contribution in [2.45, 2.75) is 0 Å². The largest absolute Gasteiger partial charge is 0.456 e. The maximum atomic E-state index is 6.78. The van der Waals surface area contributed by atoms with E-state index in [2.05, 4.69) is 228 Å². The molecule has 13 rings (SSSR count). The monoisotopic (exact) mass is 776 g/mol. The summed E-state index contributed by atoms with van der Waals surface area (Å²) in [6.07, 6.45) is 0. The topological polar surface area (TPSA) is 21.3 Å². The predicted molar refractivity (Wildman–Crippen MR) is 258 cm³/mol. The first kappa shape index (κ1) is 33.8. The van der Waals surface area contributed by atoms with Gasteiger partial charge in [0, 0.05) is 55.9 Å². The van der Waals surface area contributed by atoms with Crippen molar-refractivity contribution >= 4 is 104 Å². The molecule has 0 spiro atoms. The fraction of sp³-hybridized carbons (Fsp3) is 0. The molecular formula is C58H36N2O. The number of hydrogen-bond acceptors (Lipinski definition) is 2. The summed E-state index contributed by atoms with van der Waals surface area (Å²) < 4.78 is 9.20. The van der Waals surface area contributed by atoms with E-state index in [9.17, 15) is 0 Å². The number of aromatic nitrogens is 1. The van der Waals surface area contributed by atoms with Crippen molar-refractivity contribution in [3.8, 4) is 16.8 Å². The van der Waals surface area contributed by atoms with Gasteiger partial charge in [-0.1, -0.05) is 146 Å². The Labute approximate surface area is 351 Å². The van der Waals surface area contributed by atoms with E-state index in [0.717, 1.165) is 55.7 Å². The van der Waals surface area contributed by atoms with Crippen LogP contribution in [-0.2, 0) is 0 Å². The fourth-order valence-corrected chi connectivity index (χ4v) is 10.1. The minimum absolute atomic E-state index is 0.874. The Balaban J connectivity index is 1.07. The molecule has 2 aromatic heterocycles. The first-order valence-corrected chi connectivity index (χ1v) is 20.9. The van der Waals surface area contributed by atoms with Gasteiger partial charge < -0.3 is 13.9 Å². The Morgan fingerprint density at radius 3 is 1.66 bits per heavy atom. The summed E-state index contributed by atoms with van der Waals surface area (Å²) in [5.41, 5.74) is 10.8. The van der Waals surface area contributed by atoms with Crippen LogP contribution in [0.3, 0.4) is 0 Å². The normalized spacial score (nSPS) is 11.9. The second kappa shape index (κ2) is 13.2. The van der Waals surface area contributed by atoms with E-state index < -0.39 is 0 Å². The molecule has 0 saturated carbocycles. The molecule has 0 aliphatic rings. The van der Waals surface area contributed by atoms with E-state index in [1.807, 2.05) is 0 Å². The maximum absolute atomic E-state index is 6.78. The number of anilines is 3. The second-order valence-corrected chi connectivity index (χ2v) is 16.0. The Morgan fingerprint density at radius 2 is 0.902 bits per heavy atom. The number of furan rings is 1. The summed E-state index contributed by atoms with van der Waals surface area (Å²) in [6, 6.07) is 79.2. The van der Waals surface area contributed by atoms with Crippen molar-refractivity contribution < 1.29 is 4.42 Å². The van der Waals surface area contributed by atoms with Crippen molar-refractivity contribution in [2.24, 2.45) is 0 Å². The second-order valence-electron chi connectivity index (χ2n) is 16.0. The molecule has 0 N–H and O–H groups in total. The van der Waals surface area contributed by atoms with Crippen molar-refractivity contribution in [3.05, 3.63) is 218 Å². The summed E-state index contributed by atoms with van der Waals surface area (Å²) in [4.78, 5) is 2.34. The third-order valence-electron chi connectivity index (χ3n) is 12.7. The SMILES string of the molecule is c1ccc(N(c2ccc(-n3c4ccccc4c4c(-c5ccc6c7ccccc7c7ccccc7c6c5)c5c(cc43)oc3ccccc35)cc2)c2ccc3ccccc3c2)cc1. The lowest BCUT2D eigenvalue weighted by Crippen LogP contribution is -2.10. The first-order chi connectivity index (χ1) is 30.3. The van der Waals surface area contributed by atoms with Gasteiger partial charge in [-0.25, -0.2) is 0 Å². The molecular weight excluding hydrogens is 741 g/mol. The molecule has 0 bridgehead atoms. The van der Waals surface area contributed by atoms with Gasteiger partial charge in [-0.2, -0.15) is 0 Å². The van der Waals surface area contributed by atoms with Crippen LogP contribution in [0, 0.1) is 0 Å². The van der Waals surface area contributed by atoms with Gasteiger partial charge in [-0.3, -0.25) is 0 Å². The number of fused-ring (bicyclic) bond motifs is 13. The molecule has 0 atom stereocenters. The van der Waals surface area contributed by atoms with Crippen molar-refractivity contribution in [3.63, 3.8) is 0 Å². The molecule has 3 nitrogen and oxygen atoms in total. The van der Waals surface area contributed by atoms with Crippen LogP contribution in [0.2, 0.25) is 0 Å². The predicted octanol–water partition coefficient (Wildman–Crippen LogP) is 16.4. The molecule has 0 aliphatic carbocycles. The molecule has 0 unspecified atom stereocenters. The van der Waals surface area contributed by atoms with Crippen LogP contribution in [-0.4, -0.2) is 4.57 Å². The molecule has 3 heteroatoms. The van der Waals surface area contributed by atoms with Crippen LogP contribution in [0.1, 0.15) is 0 Å². The minimum Gasteiger partial charge on any atom is -0.456 e. The molecule has 0 amide bonds. The summed E-state index contributed by atoms with van der Waals surface area (Å²) in [6.45, 7) is 0. The van der Waals surface area contributed by atoms with E-state index in [-0.39, 0.29) is 0 Å². The van der Waals surface area contributed by atoms with Crippen molar-refractivity contribution in [1.82, 2.24) is 4.57 Å². The zero-order valence-electron chi connectivity index (χ0n) is 33.1. The number of rotatable bonds is 5. The highest BCUT2D eigenvalue weighted by molar-refractivity contribution is 6.29. The average molecular weight is 777 g/mol. The third-order valence-corrected chi connectivity index (χ3v) is 12.7. The molecule has 0 fully saturated rings. The summed E-state index contributed by atoms with van der Waals surface area (Å²) in [5.74, 6) is 0. The minimum atomic E-state index is 0.874. The van der Waals surface area contributed by atoms with Gasteiger partial charge in [0.15, 0.2) is 0 Å². The molecule has 11 aromatic carbocycles. The van der Waals surface area contributed by atoms with Crippen LogP contribution >= 0.6 is 0 Å². The van der Waals surface area contributed by atoms with Gasteiger partial charge in [-0.15, -0.1) is 0 Å². The van der Waals surface area contributed by atoms with Crippen LogP contribution in [0.4, 0.5) is 17.1 Å². The lowest BCUT2D eigenvalue weighted by molar-refractivity contribution is 0.669. The van der Waals surface area contributed by atoms with Gasteiger partial charge in [0.25, 0.3) is 0 Å².